The van der Waals surface area contributed by atoms with Crippen molar-refractivity contribution in [3.05, 3.63) is 59.1 Å². The van der Waals surface area contributed by atoms with E-state index in [4.69, 9.17) is 4.74 Å². The molecule has 0 spiro atoms. The Balaban J connectivity index is 0.00000225. The van der Waals surface area contributed by atoms with Gasteiger partial charge in [0.1, 0.15) is 5.75 Å². The van der Waals surface area contributed by atoms with Gasteiger partial charge in [0.25, 0.3) is 0 Å². The van der Waals surface area contributed by atoms with Gasteiger partial charge in [-0.15, -0.1) is 23.7 Å². The van der Waals surface area contributed by atoms with Crippen molar-refractivity contribution in [3.8, 4) is 5.75 Å². The molecule has 1 saturated heterocycles. The van der Waals surface area contributed by atoms with E-state index in [1.807, 2.05) is 47.4 Å². The van der Waals surface area contributed by atoms with E-state index in [0.29, 0.717) is 19.4 Å². The number of carbonyl (C=O) groups is 1. The van der Waals surface area contributed by atoms with Crippen molar-refractivity contribution in [3.63, 3.8) is 0 Å². The second-order valence-electron chi connectivity index (χ2n) is 6.62. The predicted molar refractivity (Wildman–Crippen MR) is 116 cm³/mol. The number of ether oxygens (including phenoxy) is 1. The standard InChI is InChI=1S/C21H23N3O2S.ClH/c1-26-18-8-4-2-6-15(18)17-14-22-12-13-24(17)21(25)11-10-20-23-16-7-3-5-9-19(16)27-20;/h2-9,17,22H,10-14H2,1H3;1H. The number of methoxy groups -OCH3 is 1. The minimum Gasteiger partial charge on any atom is -0.496 e. The number of benzene rings is 2. The zero-order chi connectivity index (χ0) is 18.6. The van der Waals surface area contributed by atoms with Crippen LogP contribution in [0.5, 0.6) is 5.75 Å². The van der Waals surface area contributed by atoms with Crippen LogP contribution in [0.3, 0.4) is 0 Å². The molecule has 1 aromatic heterocycles. The molecule has 4 rings (SSSR count). The number of nitrogens with one attached hydrogen (secondary N) is 1. The van der Waals surface area contributed by atoms with Gasteiger partial charge in [-0.2, -0.15) is 0 Å². The summed E-state index contributed by atoms with van der Waals surface area (Å²) in [6, 6.07) is 16.1. The maximum Gasteiger partial charge on any atom is 0.223 e. The maximum absolute atomic E-state index is 13.0. The number of fused-ring (bicyclic) bond motifs is 1. The third-order valence-electron chi connectivity index (χ3n) is 4.95. The molecule has 0 saturated carbocycles. The highest BCUT2D eigenvalue weighted by Crippen LogP contribution is 2.31. The van der Waals surface area contributed by atoms with Gasteiger partial charge < -0.3 is 15.0 Å². The number of para-hydroxylation sites is 2. The molecular formula is C21H24ClN3O2S. The summed E-state index contributed by atoms with van der Waals surface area (Å²) in [6.07, 6.45) is 1.16. The fraction of sp³-hybridized carbons (Fsp3) is 0.333. The van der Waals surface area contributed by atoms with E-state index in [0.717, 1.165) is 34.9 Å². The van der Waals surface area contributed by atoms with Crippen molar-refractivity contribution < 1.29 is 9.53 Å². The average molecular weight is 418 g/mol. The number of amides is 1. The SMILES string of the molecule is COc1ccccc1C1CNCCN1C(=O)CCc1nc2ccccc2s1.Cl. The summed E-state index contributed by atoms with van der Waals surface area (Å²) in [5, 5.41) is 4.42. The van der Waals surface area contributed by atoms with Gasteiger partial charge in [-0.1, -0.05) is 30.3 Å². The molecule has 0 aliphatic carbocycles. The third-order valence-corrected chi connectivity index (χ3v) is 6.05. The predicted octanol–water partition coefficient (Wildman–Crippen LogP) is 3.83. The lowest BCUT2D eigenvalue weighted by Crippen LogP contribution is -2.48. The van der Waals surface area contributed by atoms with Crippen LogP contribution in [-0.2, 0) is 11.2 Å². The first-order valence-corrected chi connectivity index (χ1v) is 10.1. The lowest BCUT2D eigenvalue weighted by Gasteiger charge is -2.37. The van der Waals surface area contributed by atoms with Crippen molar-refractivity contribution in [2.24, 2.45) is 0 Å². The Morgan fingerprint density at radius 3 is 2.86 bits per heavy atom. The van der Waals surface area contributed by atoms with Crippen LogP contribution in [0.2, 0.25) is 0 Å². The molecule has 148 valence electrons. The molecule has 1 aliphatic heterocycles. The van der Waals surface area contributed by atoms with Gasteiger partial charge in [-0.05, 0) is 18.2 Å². The maximum atomic E-state index is 13.0. The van der Waals surface area contributed by atoms with E-state index in [1.54, 1.807) is 18.4 Å². The molecule has 3 aromatic rings. The summed E-state index contributed by atoms with van der Waals surface area (Å²) in [6.45, 7) is 2.27. The molecule has 0 bridgehead atoms. The van der Waals surface area contributed by atoms with Crippen LogP contribution in [0.25, 0.3) is 10.2 Å². The normalized spacial score (nSPS) is 16.6. The zero-order valence-corrected chi connectivity index (χ0v) is 17.4. The second kappa shape index (κ2) is 9.37. The van der Waals surface area contributed by atoms with Gasteiger partial charge in [-0.3, -0.25) is 4.79 Å². The highest BCUT2D eigenvalue weighted by molar-refractivity contribution is 7.18. The Bertz CT molecular complexity index is 913. The number of thiazole rings is 1. The summed E-state index contributed by atoms with van der Waals surface area (Å²) < 4.78 is 6.69. The van der Waals surface area contributed by atoms with Crippen LogP contribution >= 0.6 is 23.7 Å². The number of nitrogens with zero attached hydrogens (tertiary/aromatic N) is 2. The van der Waals surface area contributed by atoms with Crippen LogP contribution < -0.4 is 10.1 Å². The van der Waals surface area contributed by atoms with Gasteiger partial charge in [0.05, 0.1) is 28.4 Å². The highest BCUT2D eigenvalue weighted by atomic mass is 35.5. The number of hydrogen-bond donors (Lipinski definition) is 1. The van der Waals surface area contributed by atoms with Crippen molar-refractivity contribution in [2.75, 3.05) is 26.7 Å². The molecule has 7 heteroatoms. The summed E-state index contributed by atoms with van der Waals surface area (Å²) >= 11 is 1.67. The molecule has 1 atom stereocenters. The summed E-state index contributed by atoms with van der Waals surface area (Å²) in [5.74, 6) is 1.00. The number of piperazine rings is 1. The molecule has 5 nitrogen and oxygen atoms in total. The van der Waals surface area contributed by atoms with Crippen molar-refractivity contribution in [2.45, 2.75) is 18.9 Å². The topological polar surface area (TPSA) is 54.5 Å². The van der Waals surface area contributed by atoms with Crippen LogP contribution in [0, 0.1) is 0 Å². The van der Waals surface area contributed by atoms with Crippen molar-refractivity contribution in [1.82, 2.24) is 15.2 Å². The first-order chi connectivity index (χ1) is 13.3. The zero-order valence-electron chi connectivity index (χ0n) is 15.8. The highest BCUT2D eigenvalue weighted by Gasteiger charge is 2.29. The first kappa shape index (κ1) is 20.6. The number of rotatable bonds is 5. The van der Waals surface area contributed by atoms with Gasteiger partial charge in [0.2, 0.25) is 5.91 Å². The molecule has 2 aromatic carbocycles. The molecule has 28 heavy (non-hydrogen) atoms. The Morgan fingerprint density at radius 2 is 2.04 bits per heavy atom. The number of halogens is 1. The quantitative estimate of drug-likeness (QED) is 0.685. The smallest absolute Gasteiger partial charge is 0.223 e. The molecule has 2 heterocycles. The van der Waals surface area contributed by atoms with Gasteiger partial charge in [0, 0.05) is 38.0 Å². The Kier molecular flexibility index (Phi) is 6.88. The lowest BCUT2D eigenvalue weighted by atomic mass is 10.0. The fourth-order valence-corrected chi connectivity index (χ4v) is 4.57. The summed E-state index contributed by atoms with van der Waals surface area (Å²) in [4.78, 5) is 19.6. The largest absolute Gasteiger partial charge is 0.496 e. The molecule has 0 radical (unpaired) electrons. The van der Waals surface area contributed by atoms with Gasteiger partial charge >= 0.3 is 0 Å². The van der Waals surface area contributed by atoms with Crippen molar-refractivity contribution >= 4 is 39.9 Å². The van der Waals surface area contributed by atoms with Crippen molar-refractivity contribution in [1.29, 1.82) is 0 Å². The monoisotopic (exact) mass is 417 g/mol. The lowest BCUT2D eigenvalue weighted by molar-refractivity contribution is -0.134. The average Bonchev–Trinajstić information content (AvgIpc) is 3.15. The number of carbonyl (C=O) groups excluding carboxylic acids is 1. The Hall–Kier alpha value is -2.15. The first-order valence-electron chi connectivity index (χ1n) is 9.24. The fourth-order valence-electron chi connectivity index (χ4n) is 3.61. The third kappa shape index (κ3) is 4.29. The van der Waals surface area contributed by atoms with E-state index < -0.39 is 0 Å². The van der Waals surface area contributed by atoms with E-state index in [1.165, 1.54) is 4.70 Å². The van der Waals surface area contributed by atoms with Gasteiger partial charge in [-0.25, -0.2) is 4.98 Å². The molecule has 1 fully saturated rings. The second-order valence-corrected chi connectivity index (χ2v) is 7.74. The van der Waals surface area contributed by atoms with Gasteiger partial charge in [0.15, 0.2) is 0 Å². The molecule has 1 aliphatic rings. The summed E-state index contributed by atoms with van der Waals surface area (Å²) in [5.41, 5.74) is 2.07. The van der Waals surface area contributed by atoms with Crippen LogP contribution in [-0.4, -0.2) is 42.5 Å². The number of hydrogen-bond acceptors (Lipinski definition) is 5. The van der Waals surface area contributed by atoms with E-state index in [9.17, 15) is 4.79 Å². The molecular weight excluding hydrogens is 394 g/mol. The minimum absolute atomic E-state index is 0. The number of aromatic nitrogens is 1. The van der Waals surface area contributed by atoms with Crippen LogP contribution in [0.15, 0.2) is 48.5 Å². The van der Waals surface area contributed by atoms with E-state index in [2.05, 4.69) is 16.4 Å². The summed E-state index contributed by atoms with van der Waals surface area (Å²) in [7, 11) is 1.67. The molecule has 1 N–H and O–H groups in total. The number of aryl methyl sites for hydroxylation is 1. The minimum atomic E-state index is -0.00207. The van der Waals surface area contributed by atoms with Crippen LogP contribution in [0.4, 0.5) is 0 Å². The van der Waals surface area contributed by atoms with E-state index >= 15 is 0 Å². The van der Waals surface area contributed by atoms with E-state index in [-0.39, 0.29) is 24.4 Å². The molecule has 1 amide bonds. The Labute approximate surface area is 175 Å². The Morgan fingerprint density at radius 1 is 1.25 bits per heavy atom. The molecule has 1 unspecified atom stereocenters. The van der Waals surface area contributed by atoms with Crippen LogP contribution in [0.1, 0.15) is 23.0 Å².